The average Bonchev–Trinajstić information content (AvgIpc) is 2.85. The van der Waals surface area contributed by atoms with Gasteiger partial charge in [0.2, 0.25) is 0 Å². The minimum absolute atomic E-state index is 0.133. The van der Waals surface area contributed by atoms with Gasteiger partial charge in [-0.1, -0.05) is 6.07 Å². The number of nitrogens with one attached hydrogen (secondary N) is 1. The van der Waals surface area contributed by atoms with Gasteiger partial charge in [-0.2, -0.15) is 0 Å². The Labute approximate surface area is 130 Å². The van der Waals surface area contributed by atoms with E-state index >= 15 is 0 Å². The molecule has 0 saturated carbocycles. The number of hydrogen-bond donors (Lipinski definition) is 1. The van der Waals surface area contributed by atoms with E-state index in [2.05, 4.69) is 31.2 Å². The zero-order valence-electron chi connectivity index (χ0n) is 11.4. The van der Waals surface area contributed by atoms with Crippen LogP contribution in [0.2, 0.25) is 0 Å². The van der Waals surface area contributed by atoms with Crippen molar-refractivity contribution in [3.63, 3.8) is 0 Å². The topological polar surface area (TPSA) is 59.8 Å². The number of nitrogens with zero attached hydrogens (tertiary/aromatic N) is 3. The zero-order chi connectivity index (χ0) is 14.8. The van der Waals surface area contributed by atoms with Gasteiger partial charge in [0.15, 0.2) is 0 Å². The second-order valence-corrected chi connectivity index (χ2v) is 5.50. The van der Waals surface area contributed by atoms with Crippen molar-refractivity contribution in [2.45, 2.75) is 6.54 Å². The molecule has 0 aliphatic heterocycles. The fourth-order valence-corrected chi connectivity index (χ4v) is 2.63. The standard InChI is InChI=1S/C15H13BrN4O/c1-20-13(6-11-12(16)8-17-9-14(11)20)15(21)19-7-10-4-2-3-5-18-10/h2-6,8-9H,7H2,1H3,(H,19,21). The zero-order valence-corrected chi connectivity index (χ0v) is 13.0. The van der Waals surface area contributed by atoms with Crippen molar-refractivity contribution in [1.29, 1.82) is 0 Å². The van der Waals surface area contributed by atoms with Gasteiger partial charge in [0.05, 0.1) is 24.0 Å². The van der Waals surface area contributed by atoms with Gasteiger partial charge in [0.1, 0.15) is 5.69 Å². The van der Waals surface area contributed by atoms with Gasteiger partial charge in [-0.15, -0.1) is 0 Å². The summed E-state index contributed by atoms with van der Waals surface area (Å²) in [6.07, 6.45) is 5.18. The minimum Gasteiger partial charge on any atom is -0.345 e. The van der Waals surface area contributed by atoms with Crippen molar-refractivity contribution in [1.82, 2.24) is 19.9 Å². The molecule has 0 aliphatic carbocycles. The molecule has 6 heteroatoms. The maximum Gasteiger partial charge on any atom is 0.268 e. The lowest BCUT2D eigenvalue weighted by atomic mass is 10.3. The quantitative estimate of drug-likeness (QED) is 0.794. The fourth-order valence-electron chi connectivity index (χ4n) is 2.19. The molecule has 106 valence electrons. The summed E-state index contributed by atoms with van der Waals surface area (Å²) in [5.41, 5.74) is 2.33. The van der Waals surface area contributed by atoms with Crippen molar-refractivity contribution in [2.75, 3.05) is 0 Å². The Morgan fingerprint density at radius 1 is 1.38 bits per heavy atom. The average molecular weight is 345 g/mol. The van der Waals surface area contributed by atoms with E-state index in [0.29, 0.717) is 12.2 Å². The van der Waals surface area contributed by atoms with Crippen LogP contribution in [-0.2, 0) is 13.6 Å². The number of halogens is 1. The molecule has 0 radical (unpaired) electrons. The SMILES string of the molecule is Cn1c(C(=O)NCc2ccccn2)cc2c(Br)cncc21. The molecule has 1 N–H and O–H groups in total. The van der Waals surface area contributed by atoms with Gasteiger partial charge >= 0.3 is 0 Å². The molecule has 5 nitrogen and oxygen atoms in total. The van der Waals surface area contributed by atoms with E-state index < -0.39 is 0 Å². The summed E-state index contributed by atoms with van der Waals surface area (Å²) in [4.78, 5) is 20.6. The predicted molar refractivity (Wildman–Crippen MR) is 83.8 cm³/mol. The Hall–Kier alpha value is -2.21. The first kappa shape index (κ1) is 13.8. The van der Waals surface area contributed by atoms with Crippen LogP contribution in [0.1, 0.15) is 16.2 Å². The van der Waals surface area contributed by atoms with Crippen molar-refractivity contribution in [3.8, 4) is 0 Å². The largest absolute Gasteiger partial charge is 0.345 e. The van der Waals surface area contributed by atoms with Crippen LogP contribution in [-0.4, -0.2) is 20.4 Å². The lowest BCUT2D eigenvalue weighted by molar-refractivity contribution is 0.0942. The number of fused-ring (bicyclic) bond motifs is 1. The fraction of sp³-hybridized carbons (Fsp3) is 0.133. The number of rotatable bonds is 3. The molecule has 21 heavy (non-hydrogen) atoms. The highest BCUT2D eigenvalue weighted by molar-refractivity contribution is 9.10. The maximum absolute atomic E-state index is 12.3. The smallest absolute Gasteiger partial charge is 0.268 e. The van der Waals surface area contributed by atoms with Crippen LogP contribution in [0, 0.1) is 0 Å². The first-order valence-electron chi connectivity index (χ1n) is 6.44. The van der Waals surface area contributed by atoms with Crippen LogP contribution in [0.3, 0.4) is 0 Å². The van der Waals surface area contributed by atoms with E-state index in [0.717, 1.165) is 21.1 Å². The molecule has 0 aromatic carbocycles. The van der Waals surface area contributed by atoms with E-state index in [1.807, 2.05) is 35.9 Å². The maximum atomic E-state index is 12.3. The third kappa shape index (κ3) is 2.67. The Bertz CT molecular complexity index is 798. The summed E-state index contributed by atoms with van der Waals surface area (Å²) < 4.78 is 2.71. The van der Waals surface area contributed by atoms with Crippen LogP contribution in [0.4, 0.5) is 0 Å². The van der Waals surface area contributed by atoms with Gasteiger partial charge in [-0.3, -0.25) is 14.8 Å². The van der Waals surface area contributed by atoms with E-state index in [4.69, 9.17) is 0 Å². The molecule has 1 amide bonds. The van der Waals surface area contributed by atoms with E-state index in [1.54, 1.807) is 18.6 Å². The Kier molecular flexibility index (Phi) is 3.70. The highest BCUT2D eigenvalue weighted by Crippen LogP contribution is 2.25. The molecule has 0 saturated heterocycles. The lowest BCUT2D eigenvalue weighted by Crippen LogP contribution is -2.25. The molecule has 3 aromatic rings. The monoisotopic (exact) mass is 344 g/mol. The molecule has 0 bridgehead atoms. The molecule has 3 aromatic heterocycles. The van der Waals surface area contributed by atoms with Crippen LogP contribution >= 0.6 is 15.9 Å². The number of carbonyl (C=O) groups is 1. The van der Waals surface area contributed by atoms with Crippen molar-refractivity contribution >= 4 is 32.7 Å². The normalized spacial score (nSPS) is 10.8. The summed E-state index contributed by atoms with van der Waals surface area (Å²) in [6.45, 7) is 0.403. The van der Waals surface area contributed by atoms with E-state index in [1.165, 1.54) is 0 Å². The van der Waals surface area contributed by atoms with Gasteiger partial charge in [0.25, 0.3) is 5.91 Å². The second-order valence-electron chi connectivity index (χ2n) is 4.65. The van der Waals surface area contributed by atoms with Crippen LogP contribution < -0.4 is 5.32 Å². The van der Waals surface area contributed by atoms with Gasteiger partial charge in [0, 0.05) is 29.3 Å². The number of aromatic nitrogens is 3. The van der Waals surface area contributed by atoms with Gasteiger partial charge in [-0.25, -0.2) is 0 Å². The summed E-state index contributed by atoms with van der Waals surface area (Å²) >= 11 is 3.45. The van der Waals surface area contributed by atoms with E-state index in [9.17, 15) is 4.79 Å². The molecule has 0 fully saturated rings. The Morgan fingerprint density at radius 3 is 2.95 bits per heavy atom. The van der Waals surface area contributed by atoms with Gasteiger partial charge < -0.3 is 9.88 Å². The number of carbonyl (C=O) groups excluding carboxylic acids is 1. The number of hydrogen-bond acceptors (Lipinski definition) is 3. The van der Waals surface area contributed by atoms with Gasteiger partial charge in [-0.05, 0) is 34.1 Å². The van der Waals surface area contributed by atoms with E-state index in [-0.39, 0.29) is 5.91 Å². The lowest BCUT2D eigenvalue weighted by Gasteiger charge is -2.06. The summed E-state index contributed by atoms with van der Waals surface area (Å²) in [7, 11) is 1.85. The van der Waals surface area contributed by atoms with Crippen molar-refractivity contribution < 1.29 is 4.79 Å². The van der Waals surface area contributed by atoms with Crippen LogP contribution in [0.5, 0.6) is 0 Å². The third-order valence-electron chi connectivity index (χ3n) is 3.31. The molecule has 3 rings (SSSR count). The molecule has 3 heterocycles. The molecular weight excluding hydrogens is 332 g/mol. The molecule has 0 spiro atoms. The summed E-state index contributed by atoms with van der Waals surface area (Å²) in [6, 6.07) is 7.48. The number of aryl methyl sites for hydroxylation is 1. The predicted octanol–water partition coefficient (Wildman–Crippen LogP) is 2.66. The Morgan fingerprint density at radius 2 is 2.24 bits per heavy atom. The van der Waals surface area contributed by atoms with Crippen molar-refractivity contribution in [3.05, 3.63) is 58.7 Å². The van der Waals surface area contributed by atoms with Crippen molar-refractivity contribution in [2.24, 2.45) is 7.05 Å². The molecule has 0 aliphatic rings. The van der Waals surface area contributed by atoms with Crippen LogP contribution in [0.25, 0.3) is 10.9 Å². The third-order valence-corrected chi connectivity index (χ3v) is 3.94. The highest BCUT2D eigenvalue weighted by Gasteiger charge is 2.14. The molecule has 0 unspecified atom stereocenters. The summed E-state index contributed by atoms with van der Waals surface area (Å²) in [5, 5.41) is 3.85. The first-order valence-corrected chi connectivity index (χ1v) is 7.23. The number of amides is 1. The number of pyridine rings is 2. The molecule has 0 atom stereocenters. The second kappa shape index (κ2) is 5.65. The first-order chi connectivity index (χ1) is 10.2. The molecular formula is C15H13BrN4O. The highest BCUT2D eigenvalue weighted by atomic mass is 79.9. The summed E-state index contributed by atoms with van der Waals surface area (Å²) in [5.74, 6) is -0.133. The Balaban J connectivity index is 1.85. The minimum atomic E-state index is -0.133. The van der Waals surface area contributed by atoms with Crippen LogP contribution in [0.15, 0.2) is 47.3 Å².